The van der Waals surface area contributed by atoms with Gasteiger partial charge in [0, 0.05) is 23.7 Å². The lowest BCUT2D eigenvalue weighted by Crippen LogP contribution is -2.34. The number of nitrogens with one attached hydrogen (secondary N) is 2. The lowest BCUT2D eigenvalue weighted by atomic mass is 10.1. The molecule has 0 spiro atoms. The third kappa shape index (κ3) is 3.58. The van der Waals surface area contributed by atoms with Crippen molar-refractivity contribution >= 4 is 16.9 Å². The number of furan rings is 1. The second-order valence-corrected chi connectivity index (χ2v) is 8.04. The van der Waals surface area contributed by atoms with Crippen LogP contribution >= 0.6 is 0 Å². The number of fused-ring (bicyclic) bond motifs is 1. The van der Waals surface area contributed by atoms with E-state index < -0.39 is 11.2 Å². The Morgan fingerprint density at radius 1 is 1.33 bits per heavy atom. The fourth-order valence-electron chi connectivity index (χ4n) is 3.92. The number of aromatic amines is 1. The molecule has 3 heterocycles. The van der Waals surface area contributed by atoms with E-state index >= 15 is 0 Å². The van der Waals surface area contributed by atoms with Crippen LogP contribution in [0.4, 0.5) is 0 Å². The van der Waals surface area contributed by atoms with Gasteiger partial charge in [0.2, 0.25) is 0 Å². The van der Waals surface area contributed by atoms with Gasteiger partial charge in [0.25, 0.3) is 11.5 Å². The SMILES string of the molecule is CCCn1c(=O)[nH]c(=O)c2c(C(=O)NC(C)c3cc(C)oc3C)cc(C3CC3)nc21. The normalized spacial score (nSPS) is 14.8. The van der Waals surface area contributed by atoms with Gasteiger partial charge >= 0.3 is 5.69 Å². The Morgan fingerprint density at radius 3 is 2.67 bits per heavy atom. The van der Waals surface area contributed by atoms with Crippen molar-refractivity contribution in [3.63, 3.8) is 0 Å². The molecule has 1 fully saturated rings. The van der Waals surface area contributed by atoms with Gasteiger partial charge in [-0.2, -0.15) is 0 Å². The molecular weight excluding hydrogens is 384 g/mol. The van der Waals surface area contributed by atoms with E-state index in [0.29, 0.717) is 13.0 Å². The third-order valence-corrected chi connectivity index (χ3v) is 5.55. The van der Waals surface area contributed by atoms with Gasteiger partial charge in [-0.3, -0.25) is 19.1 Å². The number of carbonyl (C=O) groups excluding carboxylic acids is 1. The maximum absolute atomic E-state index is 13.3. The van der Waals surface area contributed by atoms with Crippen molar-refractivity contribution in [3.8, 4) is 0 Å². The van der Waals surface area contributed by atoms with E-state index in [2.05, 4.69) is 15.3 Å². The highest BCUT2D eigenvalue weighted by molar-refractivity contribution is 6.05. The Morgan fingerprint density at radius 2 is 2.07 bits per heavy atom. The minimum absolute atomic E-state index is 0.150. The maximum Gasteiger partial charge on any atom is 0.329 e. The van der Waals surface area contributed by atoms with Crippen LogP contribution in [0.5, 0.6) is 0 Å². The Labute approximate surface area is 173 Å². The summed E-state index contributed by atoms with van der Waals surface area (Å²) in [7, 11) is 0. The fourth-order valence-corrected chi connectivity index (χ4v) is 3.92. The first-order valence-electron chi connectivity index (χ1n) is 10.4. The summed E-state index contributed by atoms with van der Waals surface area (Å²) in [5.41, 5.74) is 1.08. The van der Waals surface area contributed by atoms with Crippen LogP contribution in [-0.4, -0.2) is 20.4 Å². The number of hydrogen-bond donors (Lipinski definition) is 2. The van der Waals surface area contributed by atoms with E-state index in [1.165, 1.54) is 4.57 Å². The molecular formula is C22H26N4O4. The Bertz CT molecular complexity index is 1250. The minimum Gasteiger partial charge on any atom is -0.466 e. The molecule has 0 radical (unpaired) electrons. The van der Waals surface area contributed by atoms with Gasteiger partial charge in [0.15, 0.2) is 5.65 Å². The average Bonchev–Trinajstić information content (AvgIpc) is 3.48. The van der Waals surface area contributed by atoms with Crippen LogP contribution in [-0.2, 0) is 6.54 Å². The van der Waals surface area contributed by atoms with E-state index in [-0.39, 0.29) is 34.5 Å². The Balaban J connectivity index is 1.83. The number of amides is 1. The highest BCUT2D eigenvalue weighted by Gasteiger charge is 2.29. The van der Waals surface area contributed by atoms with Crippen molar-refractivity contribution in [2.24, 2.45) is 0 Å². The molecule has 1 aliphatic rings. The smallest absolute Gasteiger partial charge is 0.329 e. The fraction of sp³-hybridized carbons (Fsp3) is 0.455. The highest BCUT2D eigenvalue weighted by atomic mass is 16.3. The van der Waals surface area contributed by atoms with Gasteiger partial charge in [-0.05, 0) is 52.2 Å². The first-order valence-corrected chi connectivity index (χ1v) is 10.4. The van der Waals surface area contributed by atoms with Crippen molar-refractivity contribution in [1.29, 1.82) is 0 Å². The van der Waals surface area contributed by atoms with Gasteiger partial charge < -0.3 is 9.73 Å². The third-order valence-electron chi connectivity index (χ3n) is 5.55. The van der Waals surface area contributed by atoms with Gasteiger partial charge in [0.05, 0.1) is 17.0 Å². The number of carbonyl (C=O) groups is 1. The van der Waals surface area contributed by atoms with Crippen LogP contribution in [0.1, 0.15) is 78.2 Å². The number of rotatable bonds is 6. The average molecular weight is 410 g/mol. The largest absolute Gasteiger partial charge is 0.466 e. The number of aryl methyl sites for hydroxylation is 3. The van der Waals surface area contributed by atoms with E-state index in [1.54, 1.807) is 6.07 Å². The molecule has 30 heavy (non-hydrogen) atoms. The molecule has 1 saturated carbocycles. The Hall–Kier alpha value is -3.16. The monoisotopic (exact) mass is 410 g/mol. The summed E-state index contributed by atoms with van der Waals surface area (Å²) in [6.07, 6.45) is 2.68. The number of H-pyrrole nitrogens is 1. The highest BCUT2D eigenvalue weighted by Crippen LogP contribution is 2.40. The number of pyridine rings is 1. The molecule has 0 bridgehead atoms. The first-order chi connectivity index (χ1) is 14.3. The van der Waals surface area contributed by atoms with Crippen LogP contribution in [0.3, 0.4) is 0 Å². The molecule has 3 aromatic heterocycles. The van der Waals surface area contributed by atoms with E-state index in [1.807, 2.05) is 33.8 Å². The van der Waals surface area contributed by atoms with E-state index in [0.717, 1.165) is 35.6 Å². The second kappa shape index (κ2) is 7.59. The van der Waals surface area contributed by atoms with E-state index in [9.17, 15) is 14.4 Å². The molecule has 8 heteroatoms. The van der Waals surface area contributed by atoms with Crippen LogP contribution in [0.15, 0.2) is 26.1 Å². The van der Waals surface area contributed by atoms with Gasteiger partial charge in [-0.1, -0.05) is 6.92 Å². The van der Waals surface area contributed by atoms with Crippen LogP contribution in [0, 0.1) is 13.8 Å². The lowest BCUT2D eigenvalue weighted by molar-refractivity contribution is 0.0941. The number of nitrogens with zero attached hydrogens (tertiary/aromatic N) is 2. The van der Waals surface area contributed by atoms with Crippen molar-refractivity contribution in [2.75, 3.05) is 0 Å². The zero-order valence-corrected chi connectivity index (χ0v) is 17.7. The quantitative estimate of drug-likeness (QED) is 0.649. The number of aromatic nitrogens is 3. The summed E-state index contributed by atoms with van der Waals surface area (Å²) in [5, 5.41) is 3.12. The maximum atomic E-state index is 13.3. The Kier molecular flexibility index (Phi) is 5.09. The minimum atomic E-state index is -0.592. The second-order valence-electron chi connectivity index (χ2n) is 8.04. The molecule has 158 valence electrons. The molecule has 1 unspecified atom stereocenters. The molecule has 0 saturated heterocycles. The van der Waals surface area contributed by atoms with Crippen LogP contribution in [0.25, 0.3) is 11.0 Å². The summed E-state index contributed by atoms with van der Waals surface area (Å²) >= 11 is 0. The molecule has 4 rings (SSSR count). The van der Waals surface area contributed by atoms with Gasteiger partial charge in [-0.15, -0.1) is 0 Å². The number of hydrogen-bond acceptors (Lipinski definition) is 5. The van der Waals surface area contributed by atoms with Crippen molar-refractivity contribution < 1.29 is 9.21 Å². The predicted octanol–water partition coefficient (Wildman–Crippen LogP) is 3.07. The molecule has 1 atom stereocenters. The summed E-state index contributed by atoms with van der Waals surface area (Å²) in [4.78, 5) is 45.3. The zero-order valence-electron chi connectivity index (χ0n) is 17.7. The van der Waals surface area contributed by atoms with Crippen molar-refractivity contribution in [1.82, 2.24) is 19.9 Å². The van der Waals surface area contributed by atoms with Crippen LogP contribution in [0.2, 0.25) is 0 Å². The topological polar surface area (TPSA) is 110 Å². The summed E-state index contributed by atoms with van der Waals surface area (Å²) < 4.78 is 7.02. The molecule has 3 aromatic rings. The predicted molar refractivity (Wildman–Crippen MR) is 113 cm³/mol. The van der Waals surface area contributed by atoms with E-state index in [4.69, 9.17) is 4.42 Å². The first kappa shape index (κ1) is 20.1. The molecule has 1 amide bonds. The van der Waals surface area contributed by atoms with Crippen molar-refractivity contribution in [2.45, 2.75) is 65.5 Å². The summed E-state index contributed by atoms with van der Waals surface area (Å²) in [6.45, 7) is 7.94. The molecule has 8 nitrogen and oxygen atoms in total. The van der Waals surface area contributed by atoms with Gasteiger partial charge in [-0.25, -0.2) is 9.78 Å². The molecule has 1 aliphatic carbocycles. The molecule has 0 aromatic carbocycles. The standard InChI is InChI=1S/C22H26N4O4/c1-5-8-26-19-18(21(28)25-22(26)29)16(10-17(24-19)14-6-7-14)20(27)23-12(3)15-9-11(2)30-13(15)4/h9-10,12,14H,5-8H2,1-4H3,(H,23,27)(H,25,28,29). The molecule has 2 N–H and O–H groups in total. The molecule has 0 aliphatic heterocycles. The summed E-state index contributed by atoms with van der Waals surface area (Å²) in [6, 6.07) is 3.29. The zero-order chi connectivity index (χ0) is 21.6. The summed E-state index contributed by atoms with van der Waals surface area (Å²) in [5.74, 6) is 1.41. The van der Waals surface area contributed by atoms with Gasteiger partial charge in [0.1, 0.15) is 11.5 Å². The van der Waals surface area contributed by atoms with Crippen LogP contribution < -0.4 is 16.6 Å². The lowest BCUT2D eigenvalue weighted by Gasteiger charge is -2.16. The van der Waals surface area contributed by atoms with Crippen molar-refractivity contribution in [3.05, 3.63) is 61.3 Å².